The summed E-state index contributed by atoms with van der Waals surface area (Å²) >= 11 is 0. The lowest BCUT2D eigenvalue weighted by Crippen LogP contribution is -2.32. The van der Waals surface area contributed by atoms with E-state index in [1.54, 1.807) is 12.1 Å². The molecule has 0 aromatic heterocycles. The third-order valence-corrected chi connectivity index (χ3v) is 1.73. The highest BCUT2D eigenvalue weighted by molar-refractivity contribution is 5.78. The average Bonchev–Trinajstić information content (AvgIpc) is 1.84. The molecule has 3 nitrogen and oxygen atoms in total. The zero-order valence-corrected chi connectivity index (χ0v) is 8.83. The quantitative estimate of drug-likeness (QED) is 0.303. The smallest absolute Gasteiger partial charge is 0.110 e. The highest BCUT2D eigenvalue weighted by Crippen LogP contribution is 2.07. The van der Waals surface area contributed by atoms with Crippen molar-refractivity contribution in [2.75, 3.05) is 7.05 Å². The highest BCUT2D eigenvalue weighted by atomic mass is 15.4. The molecule has 3 heteroatoms. The lowest BCUT2D eigenvalue weighted by atomic mass is 10.1. The summed E-state index contributed by atoms with van der Waals surface area (Å²) in [5.74, 6) is 7.10. The standard InChI is InChI=1S/C9H21N3/c1-7(2)6-8(3)11-9(4)12(5)10/h7-8H,6,10H2,1-5H3. The molecule has 0 bridgehead atoms. The first-order valence-corrected chi connectivity index (χ1v) is 4.46. The Kier molecular flexibility index (Phi) is 4.90. The number of hydrogen-bond acceptors (Lipinski definition) is 2. The van der Waals surface area contributed by atoms with Crippen LogP contribution < -0.4 is 5.84 Å². The van der Waals surface area contributed by atoms with Crippen LogP contribution in [-0.2, 0) is 0 Å². The summed E-state index contributed by atoms with van der Waals surface area (Å²) in [6.07, 6.45) is 1.12. The molecule has 0 radical (unpaired) electrons. The van der Waals surface area contributed by atoms with Gasteiger partial charge in [-0.05, 0) is 26.2 Å². The van der Waals surface area contributed by atoms with Gasteiger partial charge in [-0.3, -0.25) is 4.99 Å². The third kappa shape index (κ3) is 5.13. The van der Waals surface area contributed by atoms with Gasteiger partial charge >= 0.3 is 0 Å². The average molecular weight is 171 g/mol. The van der Waals surface area contributed by atoms with E-state index in [-0.39, 0.29) is 0 Å². The van der Waals surface area contributed by atoms with E-state index in [4.69, 9.17) is 5.84 Å². The number of amidine groups is 1. The molecule has 72 valence electrons. The van der Waals surface area contributed by atoms with Crippen LogP contribution >= 0.6 is 0 Å². The molecule has 0 rings (SSSR count). The van der Waals surface area contributed by atoms with Gasteiger partial charge in [0, 0.05) is 13.1 Å². The Morgan fingerprint density at radius 1 is 1.42 bits per heavy atom. The predicted octanol–water partition coefficient (Wildman–Crippen LogP) is 1.64. The zero-order chi connectivity index (χ0) is 9.72. The summed E-state index contributed by atoms with van der Waals surface area (Å²) < 4.78 is 0. The van der Waals surface area contributed by atoms with Crippen molar-refractivity contribution in [3.05, 3.63) is 0 Å². The second-order valence-electron chi connectivity index (χ2n) is 3.77. The Morgan fingerprint density at radius 2 is 1.92 bits per heavy atom. The van der Waals surface area contributed by atoms with Gasteiger partial charge in [0.2, 0.25) is 0 Å². The van der Waals surface area contributed by atoms with Crippen LogP contribution in [0.3, 0.4) is 0 Å². The van der Waals surface area contributed by atoms with E-state index in [2.05, 4.69) is 25.8 Å². The Morgan fingerprint density at radius 3 is 2.25 bits per heavy atom. The van der Waals surface area contributed by atoms with E-state index in [1.807, 2.05) is 6.92 Å². The van der Waals surface area contributed by atoms with Gasteiger partial charge in [0.25, 0.3) is 0 Å². The largest absolute Gasteiger partial charge is 0.302 e. The van der Waals surface area contributed by atoms with Crippen molar-refractivity contribution in [3.63, 3.8) is 0 Å². The van der Waals surface area contributed by atoms with Gasteiger partial charge in [-0.25, -0.2) is 5.84 Å². The van der Waals surface area contributed by atoms with Crippen molar-refractivity contribution >= 4 is 5.84 Å². The molecule has 0 aliphatic carbocycles. The van der Waals surface area contributed by atoms with Crippen molar-refractivity contribution in [1.82, 2.24) is 5.01 Å². The van der Waals surface area contributed by atoms with Gasteiger partial charge in [0.05, 0.1) is 0 Å². The molecule has 0 fully saturated rings. The maximum Gasteiger partial charge on any atom is 0.110 e. The van der Waals surface area contributed by atoms with Gasteiger partial charge in [0.1, 0.15) is 5.84 Å². The van der Waals surface area contributed by atoms with Crippen LogP contribution in [0.15, 0.2) is 4.99 Å². The second-order valence-corrected chi connectivity index (χ2v) is 3.77. The van der Waals surface area contributed by atoms with Crippen molar-refractivity contribution in [3.8, 4) is 0 Å². The maximum atomic E-state index is 5.52. The summed E-state index contributed by atoms with van der Waals surface area (Å²) in [7, 11) is 1.81. The molecule has 0 aromatic rings. The molecule has 0 saturated heterocycles. The number of nitrogens with zero attached hydrogens (tertiary/aromatic N) is 2. The monoisotopic (exact) mass is 171 g/mol. The van der Waals surface area contributed by atoms with Gasteiger partial charge in [-0.1, -0.05) is 13.8 Å². The number of aliphatic imine (C=N–C) groups is 1. The lowest BCUT2D eigenvalue weighted by molar-refractivity contribution is 0.495. The molecular formula is C9H21N3. The summed E-state index contributed by atoms with van der Waals surface area (Å²) in [5, 5.41) is 1.55. The van der Waals surface area contributed by atoms with Crippen LogP contribution in [0.5, 0.6) is 0 Å². The van der Waals surface area contributed by atoms with Crippen LogP contribution in [-0.4, -0.2) is 23.9 Å². The van der Waals surface area contributed by atoms with Gasteiger partial charge in [-0.2, -0.15) is 0 Å². The van der Waals surface area contributed by atoms with Gasteiger partial charge in [0.15, 0.2) is 0 Å². The fourth-order valence-corrected chi connectivity index (χ4v) is 1.14. The summed E-state index contributed by atoms with van der Waals surface area (Å²) in [5.41, 5.74) is 0. The summed E-state index contributed by atoms with van der Waals surface area (Å²) in [6, 6.07) is 0.371. The Hall–Kier alpha value is -0.570. The molecular weight excluding hydrogens is 150 g/mol. The molecule has 0 amide bonds. The van der Waals surface area contributed by atoms with E-state index in [1.165, 1.54) is 0 Å². The molecule has 0 spiro atoms. The highest BCUT2D eigenvalue weighted by Gasteiger charge is 2.03. The molecule has 1 atom stereocenters. The van der Waals surface area contributed by atoms with E-state index in [0.29, 0.717) is 12.0 Å². The van der Waals surface area contributed by atoms with Crippen molar-refractivity contribution in [2.24, 2.45) is 16.8 Å². The second kappa shape index (κ2) is 5.14. The van der Waals surface area contributed by atoms with Crippen LogP contribution in [0.25, 0.3) is 0 Å². The van der Waals surface area contributed by atoms with Crippen molar-refractivity contribution < 1.29 is 0 Å². The number of hydrogen-bond donors (Lipinski definition) is 1. The molecule has 0 aliphatic heterocycles. The molecule has 1 unspecified atom stereocenters. The molecule has 0 aromatic carbocycles. The normalized spacial score (nSPS) is 15.1. The minimum absolute atomic E-state index is 0.371. The van der Waals surface area contributed by atoms with Crippen LogP contribution in [0, 0.1) is 5.92 Å². The Bertz CT molecular complexity index is 150. The van der Waals surface area contributed by atoms with Crippen LogP contribution in [0.2, 0.25) is 0 Å². The lowest BCUT2D eigenvalue weighted by Gasteiger charge is -2.15. The minimum atomic E-state index is 0.371. The van der Waals surface area contributed by atoms with Gasteiger partial charge in [-0.15, -0.1) is 0 Å². The van der Waals surface area contributed by atoms with Gasteiger partial charge < -0.3 is 5.01 Å². The maximum absolute atomic E-state index is 5.52. The molecule has 2 N–H and O–H groups in total. The molecule has 0 saturated carbocycles. The molecule has 12 heavy (non-hydrogen) atoms. The predicted molar refractivity (Wildman–Crippen MR) is 54.0 cm³/mol. The van der Waals surface area contributed by atoms with Crippen molar-refractivity contribution in [1.29, 1.82) is 0 Å². The fourth-order valence-electron chi connectivity index (χ4n) is 1.14. The van der Waals surface area contributed by atoms with Crippen LogP contribution in [0.4, 0.5) is 0 Å². The van der Waals surface area contributed by atoms with Crippen molar-refractivity contribution in [2.45, 2.75) is 40.2 Å². The van der Waals surface area contributed by atoms with Crippen LogP contribution in [0.1, 0.15) is 34.1 Å². The summed E-state index contributed by atoms with van der Waals surface area (Å²) in [4.78, 5) is 4.43. The molecule has 0 aliphatic rings. The van der Waals surface area contributed by atoms with E-state index in [0.717, 1.165) is 12.3 Å². The number of hydrazine groups is 1. The number of rotatable bonds is 3. The van der Waals surface area contributed by atoms with E-state index >= 15 is 0 Å². The SMILES string of the molecule is CC(=NC(C)CC(C)C)N(C)N. The Balaban J connectivity index is 3.96. The fraction of sp³-hybridized carbons (Fsp3) is 0.889. The minimum Gasteiger partial charge on any atom is -0.302 e. The first-order valence-electron chi connectivity index (χ1n) is 4.46. The van der Waals surface area contributed by atoms with E-state index in [9.17, 15) is 0 Å². The topological polar surface area (TPSA) is 41.6 Å². The third-order valence-electron chi connectivity index (χ3n) is 1.73. The first kappa shape index (κ1) is 11.4. The van der Waals surface area contributed by atoms with E-state index < -0.39 is 0 Å². The zero-order valence-electron chi connectivity index (χ0n) is 8.83. The Labute approximate surface area is 75.6 Å². The summed E-state index contributed by atoms with van der Waals surface area (Å²) in [6.45, 7) is 8.45. The first-order chi connectivity index (χ1) is 5.43. The molecule has 0 heterocycles. The number of nitrogens with two attached hydrogens (primary N) is 1.